The first-order valence-corrected chi connectivity index (χ1v) is 33.6. The van der Waals surface area contributed by atoms with Gasteiger partial charge in [0, 0.05) is 131 Å². The molecule has 3 aliphatic carbocycles. The molecule has 0 spiro atoms. The molecule has 532 valence electrons. The van der Waals surface area contributed by atoms with Crippen LogP contribution in [-0.2, 0) is 38.4 Å². The number of likely N-dealkylation sites (N-methyl/N-ethyl adjacent to an activating group) is 3. The lowest BCUT2D eigenvalue weighted by molar-refractivity contribution is -0.138. The topological polar surface area (TPSA) is 376 Å². The van der Waals surface area contributed by atoms with Crippen molar-refractivity contribution in [3.8, 4) is 52.6 Å². The lowest BCUT2D eigenvalue weighted by Gasteiger charge is -2.24. The van der Waals surface area contributed by atoms with Gasteiger partial charge in [0.2, 0.25) is 16.8 Å². The third kappa shape index (κ3) is 14.2. The van der Waals surface area contributed by atoms with Gasteiger partial charge in [0.1, 0.15) is 0 Å². The Labute approximate surface area is 594 Å². The van der Waals surface area contributed by atoms with Gasteiger partial charge in [-0.1, -0.05) is 61.1 Å². The van der Waals surface area contributed by atoms with Crippen molar-refractivity contribution in [2.24, 2.45) is 11.5 Å². The van der Waals surface area contributed by atoms with Gasteiger partial charge >= 0.3 is 5.97 Å². The zero-order valence-electron chi connectivity index (χ0n) is 56.9. The van der Waals surface area contributed by atoms with Crippen molar-refractivity contribution >= 4 is 35.5 Å². The van der Waals surface area contributed by atoms with E-state index >= 15 is 0 Å². The molecule has 3 aliphatic heterocycles. The minimum atomic E-state index is -1.66. The summed E-state index contributed by atoms with van der Waals surface area (Å²) in [6.45, 7) is 3.44. The summed E-state index contributed by atoms with van der Waals surface area (Å²) in [6.07, 6.45) is 19.2. The summed E-state index contributed by atoms with van der Waals surface area (Å²) in [7, 11) is 4.95. The summed E-state index contributed by atoms with van der Waals surface area (Å²) in [4.78, 5) is 78.5. The number of ether oxygens (including phenoxy) is 1. The summed E-state index contributed by atoms with van der Waals surface area (Å²) >= 11 is 0. The number of esters is 1. The van der Waals surface area contributed by atoms with Crippen LogP contribution in [0.2, 0.25) is 0 Å². The third-order valence-corrected chi connectivity index (χ3v) is 19.2. The van der Waals surface area contributed by atoms with Gasteiger partial charge in [-0.15, -0.1) is 0 Å². The number of nitrogens with two attached hydrogens (primary N) is 2. The number of rotatable bonds is 10. The molecule has 10 N–H and O–H groups in total. The highest BCUT2D eigenvalue weighted by atomic mass is 16.5. The van der Waals surface area contributed by atoms with Gasteiger partial charge in [-0.3, -0.25) is 38.0 Å². The first-order valence-electron chi connectivity index (χ1n) is 33.6. The minimum absolute atomic E-state index is 0. The number of hydrogen-bond donors (Lipinski definition) is 6. The van der Waals surface area contributed by atoms with E-state index in [1.807, 2.05) is 111 Å². The maximum absolute atomic E-state index is 12.9. The van der Waals surface area contributed by atoms with Crippen LogP contribution >= 0.6 is 0 Å². The monoisotopic (exact) mass is 1390 g/mol. The highest BCUT2D eigenvalue weighted by Crippen LogP contribution is 2.40. The number of nitrogens with zero attached hydrogens (tertiary/aromatic N) is 15. The van der Waals surface area contributed by atoms with Crippen LogP contribution in [0.25, 0.3) is 17.1 Å². The van der Waals surface area contributed by atoms with Gasteiger partial charge in [0.25, 0.3) is 29.5 Å². The SMILES string of the molecule is C.CCOC(=O)c1nn(-c2cccc(C#C[C@]3(O)CCN(C)C3=O)c2)c2c1C(n1cccn1)CCC2.CN1CC[C@@](O)(C#Cc2cccc(-n3nc(C(N)=O)c4c3CCCC4n3cccn3)c2)C1=O.CN1CC[C@@](O)(C#Cc2cccc(-n3nc(C(N)=O)c4c3CCC[C@H]4n3cccn3)c2)C1=O.N. The first-order chi connectivity index (χ1) is 48.7. The molecule has 5 amide bonds. The van der Waals surface area contributed by atoms with Gasteiger partial charge in [-0.2, -0.15) is 30.6 Å². The maximum Gasteiger partial charge on any atom is 0.359 e. The number of carbonyl (C=O) groups excluding carboxylic acids is 6. The van der Waals surface area contributed by atoms with Crippen LogP contribution in [0.1, 0.15) is 172 Å². The zero-order chi connectivity index (χ0) is 70.9. The van der Waals surface area contributed by atoms with Crippen molar-refractivity contribution < 1.29 is 48.8 Å². The Morgan fingerprint density at radius 3 is 1.09 bits per heavy atom. The van der Waals surface area contributed by atoms with Gasteiger partial charge in [-0.25, -0.2) is 18.8 Å². The summed E-state index contributed by atoms with van der Waals surface area (Å²) in [5.41, 5.74) is 16.6. The van der Waals surface area contributed by atoms with E-state index in [1.165, 1.54) is 14.7 Å². The summed E-state index contributed by atoms with van der Waals surface area (Å²) in [5, 5.41) is 58.8. The molecular formula is C75H82N18O10. The second kappa shape index (κ2) is 29.8. The molecule has 28 nitrogen and oxygen atoms in total. The Hall–Kier alpha value is -11.7. The molecule has 0 radical (unpaired) electrons. The fourth-order valence-electron chi connectivity index (χ4n) is 14.1. The van der Waals surface area contributed by atoms with E-state index in [1.54, 1.807) is 72.8 Å². The maximum atomic E-state index is 12.9. The Kier molecular flexibility index (Phi) is 21.0. The normalized spacial score (nSPS) is 21.4. The number of fused-ring (bicyclic) bond motifs is 3. The fraction of sp³-hybridized carbons (Fsp3) is 0.360. The molecule has 0 saturated carbocycles. The van der Waals surface area contributed by atoms with Gasteiger partial charge in [0.15, 0.2) is 17.1 Å². The molecule has 6 atom stereocenters. The number of hydrogen-bond acceptors (Lipinski definition) is 17. The molecule has 3 fully saturated rings. The standard InChI is InChI=1S/C26H27N5O4.2C24H24N6O3.CH4.H3N/c1-3-35-24(32)23-22-20(30-15-6-14-27-30)9-5-10-21(22)31(28-23)19-8-4-7-18(17-19)11-12-26(34)13-16-29(2)25(26)33;2*1-28-14-11-24(33,23(28)32)10-9-16-5-2-6-17(15-16)30-19-8-3-7-18(29-13-4-12-26-29)20(19)21(27-30)22(25)31;;/h4,6-8,14-15,17,20,34H,3,5,9-10,13,16H2,1-2H3;2*2,4-6,12-13,15,18,33H,3,7-8,11,14H2,1H3,(H2,25,31);1H4;1H3/t20?,26-;18?,24-;18-,24+;;/m001../s1. The van der Waals surface area contributed by atoms with Crippen molar-refractivity contribution in [1.29, 1.82) is 0 Å². The molecule has 9 aromatic rings. The van der Waals surface area contributed by atoms with Crippen LogP contribution in [-0.4, -0.2) is 188 Å². The van der Waals surface area contributed by atoms with Crippen LogP contribution in [0, 0.1) is 35.5 Å². The van der Waals surface area contributed by atoms with E-state index < -0.39 is 34.6 Å². The van der Waals surface area contributed by atoms with E-state index in [0.717, 1.165) is 109 Å². The first kappa shape index (κ1) is 72.5. The predicted octanol–water partition coefficient (Wildman–Crippen LogP) is 4.99. The quantitative estimate of drug-likeness (QED) is 0.0775. The number of likely N-dealkylation sites (tertiary alicyclic amines) is 3. The number of aromatic nitrogens is 12. The van der Waals surface area contributed by atoms with Crippen molar-refractivity contribution in [1.82, 2.24) is 79.5 Å². The van der Waals surface area contributed by atoms with E-state index in [0.29, 0.717) is 42.0 Å². The van der Waals surface area contributed by atoms with Crippen LogP contribution in [0.3, 0.4) is 0 Å². The van der Waals surface area contributed by atoms with Crippen LogP contribution in [0.5, 0.6) is 0 Å². The molecular weight excluding hydrogens is 1310 g/mol. The Morgan fingerprint density at radius 1 is 0.505 bits per heavy atom. The van der Waals surface area contributed by atoms with Crippen LogP contribution in [0.4, 0.5) is 0 Å². The number of benzene rings is 3. The van der Waals surface area contributed by atoms with Crippen LogP contribution < -0.4 is 17.6 Å². The average molecular weight is 1400 g/mol. The Morgan fingerprint density at radius 2 is 0.816 bits per heavy atom. The summed E-state index contributed by atoms with van der Waals surface area (Å²) in [5.74, 6) is 14.3. The Balaban J connectivity index is 0.000000154. The lowest BCUT2D eigenvalue weighted by atomic mass is 9.90. The predicted molar refractivity (Wildman–Crippen MR) is 378 cm³/mol. The van der Waals surface area contributed by atoms with E-state index in [9.17, 15) is 44.1 Å². The highest BCUT2D eigenvalue weighted by molar-refractivity contribution is 5.95. The van der Waals surface area contributed by atoms with Crippen LogP contribution in [0.15, 0.2) is 128 Å². The number of carbonyl (C=O) groups is 6. The second-order valence-corrected chi connectivity index (χ2v) is 25.9. The van der Waals surface area contributed by atoms with Crippen molar-refractivity contribution in [3.05, 3.63) is 196 Å². The highest BCUT2D eigenvalue weighted by Gasteiger charge is 2.45. The van der Waals surface area contributed by atoms with Crippen molar-refractivity contribution in [2.45, 2.75) is 126 Å². The molecule has 28 heteroatoms. The van der Waals surface area contributed by atoms with Gasteiger partial charge in [-0.05, 0) is 138 Å². The van der Waals surface area contributed by atoms with E-state index in [2.05, 4.69) is 61.0 Å². The molecule has 3 saturated heterocycles. The minimum Gasteiger partial charge on any atom is -0.461 e. The largest absolute Gasteiger partial charge is 0.461 e. The molecule has 0 bridgehead atoms. The lowest BCUT2D eigenvalue weighted by Crippen LogP contribution is -2.37. The smallest absolute Gasteiger partial charge is 0.359 e. The van der Waals surface area contributed by atoms with Crippen molar-refractivity contribution in [3.63, 3.8) is 0 Å². The average Bonchev–Trinajstić information content (AvgIpc) is 1.62. The zero-order valence-corrected chi connectivity index (χ0v) is 56.9. The van der Waals surface area contributed by atoms with Crippen molar-refractivity contribution in [2.75, 3.05) is 47.4 Å². The molecule has 3 aromatic carbocycles. The molecule has 6 aromatic heterocycles. The van der Waals surface area contributed by atoms with E-state index in [4.69, 9.17) is 21.3 Å². The molecule has 103 heavy (non-hydrogen) atoms. The van der Waals surface area contributed by atoms with Gasteiger partial charge in [0.05, 0.1) is 58.9 Å². The number of primary amides is 2. The molecule has 15 rings (SSSR count). The second-order valence-electron chi connectivity index (χ2n) is 25.9. The van der Waals surface area contributed by atoms with E-state index in [-0.39, 0.29) is 86.7 Å². The molecule has 6 aliphatic rings. The summed E-state index contributed by atoms with van der Waals surface area (Å²) in [6, 6.07) is 27.3. The number of amides is 5. The molecule has 2 unspecified atom stereocenters. The Bertz CT molecular complexity index is 4700. The fourth-order valence-corrected chi connectivity index (χ4v) is 14.1. The third-order valence-electron chi connectivity index (χ3n) is 19.2. The summed E-state index contributed by atoms with van der Waals surface area (Å²) < 4.78 is 16.2. The van der Waals surface area contributed by atoms with Gasteiger partial charge < -0.3 is 52.4 Å². The number of aliphatic hydroxyl groups is 3. The molecule has 9 heterocycles.